The summed E-state index contributed by atoms with van der Waals surface area (Å²) in [5, 5.41) is 2.45. The van der Waals surface area contributed by atoms with Gasteiger partial charge in [-0.3, -0.25) is 4.79 Å². The van der Waals surface area contributed by atoms with Crippen molar-refractivity contribution >= 4 is 15.9 Å². The first-order chi connectivity index (χ1) is 9.78. The molecule has 0 radical (unpaired) electrons. The van der Waals surface area contributed by atoms with Gasteiger partial charge in [-0.25, -0.2) is 13.1 Å². The largest absolute Gasteiger partial charge is 0.351 e. The average Bonchev–Trinajstić information content (AvgIpc) is 2.40. The Kier molecular flexibility index (Phi) is 6.66. The number of sulfonamides is 1. The molecule has 21 heavy (non-hydrogen) atoms. The van der Waals surface area contributed by atoms with Crippen LogP contribution in [0.25, 0.3) is 0 Å². The van der Waals surface area contributed by atoms with Crippen molar-refractivity contribution in [1.82, 2.24) is 10.0 Å². The number of rotatable bonds is 8. The van der Waals surface area contributed by atoms with E-state index in [1.54, 1.807) is 30.3 Å². The van der Waals surface area contributed by atoms with Gasteiger partial charge in [-0.15, -0.1) is 0 Å². The van der Waals surface area contributed by atoms with E-state index in [9.17, 15) is 22.0 Å². The summed E-state index contributed by atoms with van der Waals surface area (Å²) < 4.78 is 52.2. The minimum atomic E-state index is -3.73. The molecule has 0 aliphatic heterocycles. The van der Waals surface area contributed by atoms with Crippen LogP contribution in [0.2, 0.25) is 0 Å². The van der Waals surface area contributed by atoms with Crippen molar-refractivity contribution in [3.8, 4) is 0 Å². The predicted octanol–water partition coefficient (Wildman–Crippen LogP) is 0.460. The van der Waals surface area contributed by atoms with Gasteiger partial charge in [0.1, 0.15) is 6.04 Å². The summed E-state index contributed by atoms with van der Waals surface area (Å²) in [6.07, 6.45) is 0.826. The number of carbonyl (C=O) groups excluding carboxylic acids is 1. The molecule has 0 bridgehead atoms. The molecule has 1 aromatic carbocycles. The van der Waals surface area contributed by atoms with Gasteiger partial charge in [0.2, 0.25) is 15.9 Å². The van der Waals surface area contributed by atoms with Crippen molar-refractivity contribution < 1.29 is 26.7 Å². The second-order valence-corrected chi connectivity index (χ2v) is 6.02. The Morgan fingerprint density at radius 2 is 1.90 bits per heavy atom. The number of nitrogens with one attached hydrogen (secondary N) is 2. The molecule has 0 unspecified atom stereocenters. The number of benzene rings is 1. The Morgan fingerprint density at radius 3 is 2.43 bits per heavy atom. The van der Waals surface area contributed by atoms with E-state index in [0.29, 0.717) is 0 Å². The molecule has 1 rings (SSSR count). The maximum absolute atomic E-state index is 12.0. The third-order valence-electron chi connectivity index (χ3n) is 2.37. The zero-order valence-electron chi connectivity index (χ0n) is 11.3. The molecular formula is C12H16F2N2O4S. The number of ether oxygens (including phenoxy) is 1. The van der Waals surface area contributed by atoms with Gasteiger partial charge in [-0.05, 0) is 5.56 Å². The molecule has 2 N–H and O–H groups in total. The van der Waals surface area contributed by atoms with Gasteiger partial charge in [0, 0.05) is 6.54 Å². The van der Waals surface area contributed by atoms with E-state index in [2.05, 4.69) is 10.1 Å². The smallest absolute Gasteiger partial charge is 0.345 e. The third-order valence-corrected chi connectivity index (χ3v) is 3.08. The van der Waals surface area contributed by atoms with Gasteiger partial charge in [-0.1, -0.05) is 30.3 Å². The number of hydrogen-bond acceptors (Lipinski definition) is 4. The maximum Gasteiger partial charge on any atom is 0.345 e. The van der Waals surface area contributed by atoms with E-state index in [0.717, 1.165) is 11.8 Å². The molecule has 9 heteroatoms. The predicted molar refractivity (Wildman–Crippen MR) is 72.0 cm³/mol. The lowest BCUT2D eigenvalue weighted by atomic mass is 10.2. The number of alkyl halides is 2. The van der Waals surface area contributed by atoms with Crippen molar-refractivity contribution in [2.45, 2.75) is 19.2 Å². The van der Waals surface area contributed by atoms with Crippen molar-refractivity contribution in [2.24, 2.45) is 0 Å². The van der Waals surface area contributed by atoms with Gasteiger partial charge in [0.05, 0.1) is 12.9 Å². The van der Waals surface area contributed by atoms with Gasteiger partial charge in [-0.2, -0.15) is 8.78 Å². The first-order valence-corrected chi connectivity index (χ1v) is 7.86. The fraction of sp³-hybridized carbons (Fsp3) is 0.417. The van der Waals surface area contributed by atoms with Crippen LogP contribution in [0, 0.1) is 0 Å². The van der Waals surface area contributed by atoms with E-state index in [4.69, 9.17) is 0 Å². The molecule has 0 aliphatic carbocycles. The van der Waals surface area contributed by atoms with E-state index >= 15 is 0 Å². The molecule has 1 aromatic rings. The molecule has 1 amide bonds. The standard InChI is InChI=1S/C12H16F2N2O4S/c1-21(18,19)16-10(8-20-12(13)14)11(17)15-7-9-5-3-2-4-6-9/h2-6,10,12,16H,7-8H2,1H3,(H,15,17)/t10-/m1/s1. The summed E-state index contributed by atoms with van der Waals surface area (Å²) in [4.78, 5) is 11.8. The Bertz CT molecular complexity index is 552. The first-order valence-electron chi connectivity index (χ1n) is 5.96. The van der Waals surface area contributed by atoms with Crippen LogP contribution in [0.4, 0.5) is 8.78 Å². The molecule has 0 saturated carbocycles. The normalized spacial score (nSPS) is 13.1. The Morgan fingerprint density at radius 1 is 1.29 bits per heavy atom. The van der Waals surface area contributed by atoms with Crippen molar-refractivity contribution in [3.05, 3.63) is 35.9 Å². The number of hydrogen-bond donors (Lipinski definition) is 2. The number of carbonyl (C=O) groups is 1. The Labute approximate surface area is 121 Å². The van der Waals surface area contributed by atoms with Crippen molar-refractivity contribution in [1.29, 1.82) is 0 Å². The molecule has 1 atom stereocenters. The molecule has 6 nitrogen and oxygen atoms in total. The lowest BCUT2D eigenvalue weighted by molar-refractivity contribution is -0.142. The highest BCUT2D eigenvalue weighted by atomic mass is 32.2. The van der Waals surface area contributed by atoms with Gasteiger partial charge in [0.25, 0.3) is 0 Å². The van der Waals surface area contributed by atoms with Crippen LogP contribution in [0.1, 0.15) is 5.56 Å². The molecule has 0 heterocycles. The Hall–Kier alpha value is -1.58. The minimum Gasteiger partial charge on any atom is -0.351 e. The van der Waals surface area contributed by atoms with Crippen LogP contribution in [0.15, 0.2) is 30.3 Å². The lowest BCUT2D eigenvalue weighted by Crippen LogP contribution is -2.49. The van der Waals surface area contributed by atoms with Crippen LogP contribution in [-0.4, -0.2) is 39.8 Å². The highest BCUT2D eigenvalue weighted by Crippen LogP contribution is 2.00. The summed E-state index contributed by atoms with van der Waals surface area (Å²) in [5.74, 6) is -0.745. The topological polar surface area (TPSA) is 84.5 Å². The molecule has 0 spiro atoms. The number of amides is 1. The van der Waals surface area contributed by atoms with Gasteiger partial charge < -0.3 is 10.1 Å². The number of halogens is 2. The minimum absolute atomic E-state index is 0.149. The lowest BCUT2D eigenvalue weighted by Gasteiger charge is -2.17. The molecule has 118 valence electrons. The van der Waals surface area contributed by atoms with E-state index in [1.807, 2.05) is 4.72 Å². The van der Waals surface area contributed by atoms with Crippen molar-refractivity contribution in [3.63, 3.8) is 0 Å². The summed E-state index contributed by atoms with van der Waals surface area (Å²) in [6, 6.07) is 7.44. The summed E-state index contributed by atoms with van der Waals surface area (Å²) >= 11 is 0. The van der Waals surface area contributed by atoms with Crippen LogP contribution in [0.3, 0.4) is 0 Å². The summed E-state index contributed by atoms with van der Waals surface area (Å²) in [7, 11) is -3.73. The highest BCUT2D eigenvalue weighted by Gasteiger charge is 2.23. The van der Waals surface area contributed by atoms with E-state index < -0.39 is 35.2 Å². The second-order valence-electron chi connectivity index (χ2n) is 4.24. The second kappa shape index (κ2) is 8.01. The summed E-state index contributed by atoms with van der Waals surface area (Å²) in [5.41, 5.74) is 0.790. The van der Waals surface area contributed by atoms with E-state index in [-0.39, 0.29) is 6.54 Å². The monoisotopic (exact) mass is 322 g/mol. The quantitative estimate of drug-likeness (QED) is 0.728. The SMILES string of the molecule is CS(=O)(=O)N[C@H](COC(F)F)C(=O)NCc1ccccc1. The fourth-order valence-electron chi connectivity index (χ4n) is 1.50. The Balaban J connectivity index is 2.61. The van der Waals surface area contributed by atoms with Gasteiger partial charge in [0.15, 0.2) is 0 Å². The summed E-state index contributed by atoms with van der Waals surface area (Å²) in [6.45, 7) is -3.70. The maximum atomic E-state index is 12.0. The zero-order chi connectivity index (χ0) is 15.9. The van der Waals surface area contributed by atoms with Crippen LogP contribution in [-0.2, 0) is 26.1 Å². The molecular weight excluding hydrogens is 306 g/mol. The van der Waals surface area contributed by atoms with Crippen LogP contribution in [0.5, 0.6) is 0 Å². The molecule has 0 fully saturated rings. The molecule has 0 aliphatic rings. The third kappa shape index (κ3) is 7.69. The van der Waals surface area contributed by atoms with E-state index in [1.165, 1.54) is 0 Å². The first kappa shape index (κ1) is 17.5. The highest BCUT2D eigenvalue weighted by molar-refractivity contribution is 7.88. The zero-order valence-corrected chi connectivity index (χ0v) is 12.1. The van der Waals surface area contributed by atoms with Crippen LogP contribution < -0.4 is 10.0 Å². The molecule has 0 saturated heterocycles. The molecule has 0 aromatic heterocycles. The average molecular weight is 322 g/mol. The van der Waals surface area contributed by atoms with Gasteiger partial charge >= 0.3 is 6.61 Å². The van der Waals surface area contributed by atoms with Crippen LogP contribution >= 0.6 is 0 Å². The van der Waals surface area contributed by atoms with Crippen molar-refractivity contribution in [2.75, 3.05) is 12.9 Å². The fourth-order valence-corrected chi connectivity index (χ4v) is 2.19.